The second kappa shape index (κ2) is 17.1. The number of carbonyl (C=O) groups excluding carboxylic acids is 3. The number of nitrogens with one attached hydrogen (secondary N) is 4. The van der Waals surface area contributed by atoms with Crippen molar-refractivity contribution in [3.8, 4) is 34.4 Å². The lowest BCUT2D eigenvalue weighted by molar-refractivity contribution is -0.136. The van der Waals surface area contributed by atoms with E-state index in [2.05, 4.69) is 47.1 Å². The van der Waals surface area contributed by atoms with Crippen molar-refractivity contribution in [3.63, 3.8) is 0 Å². The van der Waals surface area contributed by atoms with E-state index < -0.39 is 36.2 Å². The Bertz CT molecular complexity index is 1890. The molecule has 14 heteroatoms. The molecule has 0 bridgehead atoms. The van der Waals surface area contributed by atoms with Crippen LogP contribution in [0.5, 0.6) is 0 Å². The fraction of sp³-hybridized carbons (Fsp3) is 0.395. The van der Waals surface area contributed by atoms with Gasteiger partial charge in [-0.25, -0.2) is 14.8 Å². The van der Waals surface area contributed by atoms with Crippen LogP contribution in [0.25, 0.3) is 22.5 Å². The lowest BCUT2D eigenvalue weighted by Crippen LogP contribution is -2.53. The lowest BCUT2D eigenvalue weighted by atomic mass is 10.1. The lowest BCUT2D eigenvalue weighted by Gasteiger charge is -2.28. The molecule has 6 N–H and O–H groups in total. The van der Waals surface area contributed by atoms with Crippen LogP contribution in [-0.4, -0.2) is 94.9 Å². The second-order valence-corrected chi connectivity index (χ2v) is 12.7. The molecule has 1 fully saturated rings. The number of aromatic nitrogens is 4. The fourth-order valence-electron chi connectivity index (χ4n) is 5.91. The zero-order chi connectivity index (χ0) is 37.4. The van der Waals surface area contributed by atoms with Crippen molar-refractivity contribution in [2.75, 3.05) is 27.9 Å². The summed E-state index contributed by atoms with van der Waals surface area (Å²) in [5, 5.41) is 5.36. The van der Waals surface area contributed by atoms with Gasteiger partial charge in [-0.05, 0) is 69.0 Å². The van der Waals surface area contributed by atoms with Gasteiger partial charge in [0.05, 0.1) is 55.2 Å². The number of nitrogens with two attached hydrogens (primary N) is 1. The topological polar surface area (TPSA) is 190 Å². The van der Waals surface area contributed by atoms with Crippen molar-refractivity contribution < 1.29 is 28.6 Å². The number of methoxy groups -OCH3 is 3. The third-order valence-electron chi connectivity index (χ3n) is 9.30. The first-order valence-electron chi connectivity index (χ1n) is 17.1. The number of amides is 3. The monoisotopic (exact) mass is 710 g/mol. The maximum Gasteiger partial charge on any atom is 0.407 e. The Balaban J connectivity index is 1.18. The van der Waals surface area contributed by atoms with E-state index in [9.17, 15) is 14.4 Å². The second-order valence-electron chi connectivity index (χ2n) is 12.7. The van der Waals surface area contributed by atoms with Crippen molar-refractivity contribution >= 4 is 17.9 Å². The summed E-state index contributed by atoms with van der Waals surface area (Å²) in [6, 6.07) is 13.4. The molecular formula is C38H46N8O6. The maximum absolute atomic E-state index is 13.0. The van der Waals surface area contributed by atoms with Gasteiger partial charge < -0.3 is 45.4 Å². The Morgan fingerprint density at radius 2 is 1.42 bits per heavy atom. The molecule has 0 saturated carbocycles. The molecule has 5 rings (SSSR count). The molecule has 1 saturated heterocycles. The Kier molecular flexibility index (Phi) is 12.5. The fourth-order valence-corrected chi connectivity index (χ4v) is 5.91. The van der Waals surface area contributed by atoms with Crippen LogP contribution in [0.1, 0.15) is 68.5 Å². The molecule has 4 aromatic rings. The molecule has 6 atom stereocenters. The minimum atomic E-state index is -0.950. The van der Waals surface area contributed by atoms with E-state index in [-0.39, 0.29) is 18.1 Å². The highest BCUT2D eigenvalue weighted by atomic mass is 16.5. The number of likely N-dealkylation sites (tertiary alicyclic amines) is 1. The van der Waals surface area contributed by atoms with Gasteiger partial charge in [-0.15, -0.1) is 0 Å². The summed E-state index contributed by atoms with van der Waals surface area (Å²) in [6.07, 6.45) is 3.51. The summed E-state index contributed by atoms with van der Waals surface area (Å²) in [4.78, 5) is 55.2. The number of rotatable bonds is 12. The highest BCUT2D eigenvalue weighted by Crippen LogP contribution is 2.32. The SMILES string of the molecule is COC(=O)N[C@H](C(=O)N[C@@H](C)c1ncc(-c2ccc(C#Cc3ccc(-c4cnc([C@@H]5CCCN5C(=O)[C@@H](N)[C@@H](C)OC)[nH]4)cc3)cc2)[nH]1)[C@@H](C)OC. The molecule has 0 unspecified atom stereocenters. The Morgan fingerprint density at radius 1 is 0.846 bits per heavy atom. The van der Waals surface area contributed by atoms with Gasteiger partial charge in [0.25, 0.3) is 0 Å². The minimum Gasteiger partial charge on any atom is -0.453 e. The molecular weight excluding hydrogens is 664 g/mol. The number of nitrogens with zero attached hydrogens (tertiary/aromatic N) is 3. The van der Waals surface area contributed by atoms with Crippen LogP contribution >= 0.6 is 0 Å². The molecule has 1 aliphatic rings. The molecule has 14 nitrogen and oxygen atoms in total. The Labute approximate surface area is 303 Å². The zero-order valence-corrected chi connectivity index (χ0v) is 30.2. The van der Waals surface area contributed by atoms with E-state index in [1.807, 2.05) is 48.5 Å². The molecule has 0 aliphatic carbocycles. The van der Waals surface area contributed by atoms with Crippen LogP contribution in [-0.2, 0) is 23.8 Å². The van der Waals surface area contributed by atoms with Gasteiger partial charge in [0.15, 0.2) is 0 Å². The van der Waals surface area contributed by atoms with Crippen LogP contribution in [0.2, 0.25) is 0 Å². The van der Waals surface area contributed by atoms with Crippen LogP contribution < -0.4 is 16.4 Å². The third kappa shape index (κ3) is 8.86. The largest absolute Gasteiger partial charge is 0.453 e. The minimum absolute atomic E-state index is 0.129. The third-order valence-corrected chi connectivity index (χ3v) is 9.30. The first-order valence-corrected chi connectivity index (χ1v) is 17.1. The number of imidazole rings is 2. The number of hydrogen-bond donors (Lipinski definition) is 5. The normalized spacial score (nSPS) is 16.9. The maximum atomic E-state index is 13.0. The van der Waals surface area contributed by atoms with Crippen molar-refractivity contribution in [1.29, 1.82) is 0 Å². The van der Waals surface area contributed by atoms with Gasteiger partial charge in [0.1, 0.15) is 23.7 Å². The van der Waals surface area contributed by atoms with Crippen LogP contribution in [0.4, 0.5) is 4.79 Å². The molecule has 2 aromatic carbocycles. The Hall–Kier alpha value is -5.49. The van der Waals surface area contributed by atoms with Crippen LogP contribution in [0.3, 0.4) is 0 Å². The first kappa shape index (κ1) is 37.8. The van der Waals surface area contributed by atoms with Crippen LogP contribution in [0, 0.1) is 11.8 Å². The predicted octanol–water partition coefficient (Wildman–Crippen LogP) is 3.83. The molecule has 0 spiro atoms. The number of carbonyl (C=O) groups is 3. The van der Waals surface area contributed by atoms with E-state index in [0.717, 1.165) is 52.3 Å². The molecule has 52 heavy (non-hydrogen) atoms. The molecule has 1 aliphatic heterocycles. The Morgan fingerprint density at radius 3 is 2.00 bits per heavy atom. The van der Waals surface area contributed by atoms with Crippen molar-refractivity contribution in [2.24, 2.45) is 5.73 Å². The van der Waals surface area contributed by atoms with Gasteiger partial charge in [-0.3, -0.25) is 9.59 Å². The van der Waals surface area contributed by atoms with Gasteiger partial charge in [-0.1, -0.05) is 36.1 Å². The number of benzene rings is 2. The van der Waals surface area contributed by atoms with E-state index in [1.165, 1.54) is 14.2 Å². The van der Waals surface area contributed by atoms with Crippen molar-refractivity contribution in [2.45, 2.75) is 70.0 Å². The average molecular weight is 711 g/mol. The quantitative estimate of drug-likeness (QED) is 0.136. The van der Waals surface area contributed by atoms with Gasteiger partial charge >= 0.3 is 6.09 Å². The zero-order valence-electron chi connectivity index (χ0n) is 30.2. The van der Waals surface area contributed by atoms with Crippen molar-refractivity contribution in [1.82, 2.24) is 35.5 Å². The molecule has 3 amide bonds. The summed E-state index contributed by atoms with van der Waals surface area (Å²) >= 11 is 0. The standard InChI is InChI=1S/C38H46N8O6/c1-22(42-36(47)33(24(3)51-5)45-38(49)52-6)34-40-20-29(43-34)27-15-11-25(12-16-27)9-10-26-13-17-28(18-14-26)30-21-41-35(44-30)31-8-7-19-46(31)37(48)32(39)23(2)50-4/h11-18,20-24,31-33H,7-8,19,39H2,1-6H3,(H,40,43)(H,41,44)(H,42,47)(H,45,49)/t22-,23+,24+,31-,32-,33-/m0/s1. The summed E-state index contributed by atoms with van der Waals surface area (Å²) in [5.41, 5.74) is 11.4. The first-order chi connectivity index (χ1) is 25.0. The number of H-pyrrole nitrogens is 2. The number of ether oxygens (including phenoxy) is 3. The number of aromatic amines is 2. The smallest absolute Gasteiger partial charge is 0.407 e. The van der Waals surface area contributed by atoms with E-state index in [4.69, 9.17) is 15.2 Å². The summed E-state index contributed by atoms with van der Waals surface area (Å²) < 4.78 is 15.2. The number of hydrogen-bond acceptors (Lipinski definition) is 9. The van der Waals surface area contributed by atoms with Crippen molar-refractivity contribution in [3.05, 3.63) is 83.7 Å². The van der Waals surface area contributed by atoms with E-state index >= 15 is 0 Å². The highest BCUT2D eigenvalue weighted by molar-refractivity contribution is 5.86. The van der Waals surface area contributed by atoms with Gasteiger partial charge in [0, 0.05) is 31.9 Å². The predicted molar refractivity (Wildman–Crippen MR) is 195 cm³/mol. The van der Waals surface area contributed by atoms with Gasteiger partial charge in [-0.2, -0.15) is 0 Å². The summed E-state index contributed by atoms with van der Waals surface area (Å²) in [6.45, 7) is 5.91. The van der Waals surface area contributed by atoms with Gasteiger partial charge in [0.2, 0.25) is 11.8 Å². The van der Waals surface area contributed by atoms with E-state index in [0.29, 0.717) is 12.4 Å². The summed E-state index contributed by atoms with van der Waals surface area (Å²) in [5.74, 6) is 7.17. The molecule has 0 radical (unpaired) electrons. The van der Waals surface area contributed by atoms with Crippen LogP contribution in [0.15, 0.2) is 60.9 Å². The molecule has 274 valence electrons. The van der Waals surface area contributed by atoms with E-state index in [1.54, 1.807) is 45.2 Å². The average Bonchev–Trinajstić information content (AvgIpc) is 3.97. The molecule has 3 heterocycles. The number of alkyl carbamates (subject to hydrolysis) is 1. The summed E-state index contributed by atoms with van der Waals surface area (Å²) in [7, 11) is 4.24. The molecule has 2 aromatic heterocycles. The highest BCUT2D eigenvalue weighted by Gasteiger charge is 2.36.